The maximum absolute atomic E-state index is 4.42. The van der Waals surface area contributed by atoms with E-state index in [-0.39, 0.29) is 0 Å². The minimum absolute atomic E-state index is 0.931. The van der Waals surface area contributed by atoms with Gasteiger partial charge in [-0.2, -0.15) is 0 Å². The molecule has 0 aliphatic rings. The van der Waals surface area contributed by atoms with Gasteiger partial charge in [-0.1, -0.05) is 15.9 Å². The monoisotopic (exact) mass is 254 g/mol. The topological polar surface area (TPSA) is 25.8 Å². The Morgan fingerprint density at radius 3 is 2.92 bits per heavy atom. The van der Waals surface area contributed by atoms with E-state index >= 15 is 0 Å². The van der Waals surface area contributed by atoms with Gasteiger partial charge >= 0.3 is 0 Å². The molecule has 0 aliphatic heterocycles. The maximum Gasteiger partial charge on any atom is 0.115 e. The summed E-state index contributed by atoms with van der Waals surface area (Å²) in [7, 11) is 0. The first-order chi connectivity index (χ1) is 6.29. The van der Waals surface area contributed by atoms with Gasteiger partial charge in [0, 0.05) is 4.47 Å². The molecule has 2 aromatic rings. The molecule has 2 rings (SSSR count). The predicted octanol–water partition coefficient (Wildman–Crippen LogP) is 3.11. The molecule has 0 amide bonds. The van der Waals surface area contributed by atoms with Crippen LogP contribution in [0.3, 0.4) is 0 Å². The fraction of sp³-hybridized carbons (Fsp3) is 0.111. The average molecular weight is 255 g/mol. The van der Waals surface area contributed by atoms with Crippen molar-refractivity contribution in [3.63, 3.8) is 0 Å². The van der Waals surface area contributed by atoms with Crippen LogP contribution in [0.5, 0.6) is 0 Å². The fourth-order valence-electron chi connectivity index (χ4n) is 1.07. The molecule has 2 nitrogen and oxygen atoms in total. The average Bonchev–Trinajstić information content (AvgIpc) is 2.16. The molecule has 66 valence electrons. The summed E-state index contributed by atoms with van der Waals surface area (Å²) in [5.74, 6) is 0. The molecule has 1 aromatic heterocycles. The van der Waals surface area contributed by atoms with Crippen molar-refractivity contribution < 1.29 is 0 Å². The van der Waals surface area contributed by atoms with Gasteiger partial charge in [0.25, 0.3) is 0 Å². The molecule has 0 N–H and O–H groups in total. The molecule has 0 saturated carbocycles. The number of thioether (sulfide) groups is 1. The molecule has 0 radical (unpaired) electrons. The number of nitrogens with zero attached hydrogens (tertiary/aromatic N) is 2. The van der Waals surface area contributed by atoms with Crippen molar-refractivity contribution in [3.8, 4) is 0 Å². The van der Waals surface area contributed by atoms with Gasteiger partial charge in [-0.05, 0) is 24.5 Å². The Morgan fingerprint density at radius 1 is 1.31 bits per heavy atom. The Hall–Kier alpha value is -0.610. The number of benzene rings is 1. The van der Waals surface area contributed by atoms with Crippen LogP contribution in [0.1, 0.15) is 0 Å². The minimum atomic E-state index is 0.931. The van der Waals surface area contributed by atoms with Crippen LogP contribution in [0.15, 0.2) is 33.9 Å². The number of hydrogen-bond acceptors (Lipinski definition) is 3. The molecule has 0 spiro atoms. The molecule has 0 saturated heterocycles. The Bertz CT molecular complexity index is 445. The van der Waals surface area contributed by atoms with Crippen molar-refractivity contribution in [2.75, 3.05) is 6.26 Å². The first-order valence-corrected chi connectivity index (χ1v) is 5.77. The maximum atomic E-state index is 4.42. The second-order valence-electron chi connectivity index (χ2n) is 2.55. The summed E-state index contributed by atoms with van der Waals surface area (Å²) < 4.78 is 1.03. The van der Waals surface area contributed by atoms with E-state index in [1.54, 1.807) is 18.0 Å². The first-order valence-electron chi connectivity index (χ1n) is 3.76. The largest absolute Gasteiger partial charge is 0.252 e. The van der Waals surface area contributed by atoms with Crippen LogP contribution < -0.4 is 0 Å². The van der Waals surface area contributed by atoms with E-state index in [9.17, 15) is 0 Å². The highest BCUT2D eigenvalue weighted by Crippen LogP contribution is 2.19. The zero-order valence-electron chi connectivity index (χ0n) is 6.99. The number of aromatic nitrogens is 2. The first kappa shape index (κ1) is 8.97. The summed E-state index contributed by atoms with van der Waals surface area (Å²) in [6.07, 6.45) is 3.79. The summed E-state index contributed by atoms with van der Waals surface area (Å²) in [5.41, 5.74) is 1.86. The highest BCUT2D eigenvalue weighted by molar-refractivity contribution is 9.10. The van der Waals surface area contributed by atoms with E-state index in [4.69, 9.17) is 0 Å². The number of rotatable bonds is 1. The molecule has 1 aromatic carbocycles. The van der Waals surface area contributed by atoms with E-state index < -0.39 is 0 Å². The molecule has 0 unspecified atom stereocenters. The Labute approximate surface area is 88.9 Å². The standard InChI is InChI=1S/C9H7BrN2S/c1-13-9-5-11-7-3-2-6(10)4-8(7)12-9/h2-5H,1H3. The zero-order valence-corrected chi connectivity index (χ0v) is 9.39. The Balaban J connectivity index is 2.68. The lowest BCUT2D eigenvalue weighted by atomic mass is 10.3. The van der Waals surface area contributed by atoms with E-state index in [0.29, 0.717) is 0 Å². The SMILES string of the molecule is CSc1cnc2ccc(Br)cc2n1. The van der Waals surface area contributed by atoms with Gasteiger partial charge in [-0.25, -0.2) is 4.98 Å². The van der Waals surface area contributed by atoms with Gasteiger partial charge in [-0.3, -0.25) is 4.98 Å². The van der Waals surface area contributed by atoms with Crippen molar-refractivity contribution in [2.24, 2.45) is 0 Å². The molecule has 0 aliphatic carbocycles. The molecular formula is C9H7BrN2S. The Morgan fingerprint density at radius 2 is 2.15 bits per heavy atom. The van der Waals surface area contributed by atoms with Gasteiger partial charge in [0.15, 0.2) is 0 Å². The van der Waals surface area contributed by atoms with E-state index in [0.717, 1.165) is 20.5 Å². The molecule has 13 heavy (non-hydrogen) atoms. The lowest BCUT2D eigenvalue weighted by molar-refractivity contribution is 1.12. The lowest BCUT2D eigenvalue weighted by Crippen LogP contribution is -1.85. The summed E-state index contributed by atoms with van der Waals surface area (Å²) in [5, 5.41) is 0.950. The van der Waals surface area contributed by atoms with Crippen LogP contribution in [0.25, 0.3) is 11.0 Å². The summed E-state index contributed by atoms with van der Waals surface area (Å²) >= 11 is 5.00. The van der Waals surface area contributed by atoms with Crippen LogP contribution in [0.4, 0.5) is 0 Å². The normalized spacial score (nSPS) is 10.6. The minimum Gasteiger partial charge on any atom is -0.252 e. The van der Waals surface area contributed by atoms with Crippen molar-refractivity contribution in [1.82, 2.24) is 9.97 Å². The molecular weight excluding hydrogens is 248 g/mol. The lowest BCUT2D eigenvalue weighted by Gasteiger charge is -1.99. The Kier molecular flexibility index (Phi) is 2.51. The third-order valence-corrected chi connectivity index (χ3v) is 2.80. The summed E-state index contributed by atoms with van der Waals surface area (Å²) in [6, 6.07) is 5.90. The van der Waals surface area contributed by atoms with Crippen LogP contribution in [0.2, 0.25) is 0 Å². The molecule has 0 atom stereocenters. The van der Waals surface area contributed by atoms with Crippen molar-refractivity contribution in [3.05, 3.63) is 28.9 Å². The van der Waals surface area contributed by atoms with E-state index in [2.05, 4.69) is 25.9 Å². The van der Waals surface area contributed by atoms with Gasteiger partial charge in [0.2, 0.25) is 0 Å². The number of halogens is 1. The van der Waals surface area contributed by atoms with Gasteiger partial charge < -0.3 is 0 Å². The van der Waals surface area contributed by atoms with Gasteiger partial charge in [-0.15, -0.1) is 11.8 Å². The predicted molar refractivity (Wildman–Crippen MR) is 59.0 cm³/mol. The molecule has 4 heteroatoms. The summed E-state index contributed by atoms with van der Waals surface area (Å²) in [6.45, 7) is 0. The quantitative estimate of drug-likeness (QED) is 0.732. The molecule has 1 heterocycles. The van der Waals surface area contributed by atoms with E-state index in [1.807, 2.05) is 24.5 Å². The van der Waals surface area contributed by atoms with Crippen molar-refractivity contribution in [1.29, 1.82) is 0 Å². The van der Waals surface area contributed by atoms with E-state index in [1.165, 1.54) is 0 Å². The highest BCUT2D eigenvalue weighted by atomic mass is 79.9. The third kappa shape index (κ3) is 1.84. The molecule has 0 fully saturated rings. The molecule has 0 bridgehead atoms. The van der Waals surface area contributed by atoms with Gasteiger partial charge in [0.1, 0.15) is 5.03 Å². The number of hydrogen-bond donors (Lipinski definition) is 0. The van der Waals surface area contributed by atoms with Gasteiger partial charge in [0.05, 0.1) is 17.2 Å². The van der Waals surface area contributed by atoms with Crippen molar-refractivity contribution >= 4 is 38.7 Å². The van der Waals surface area contributed by atoms with Crippen LogP contribution in [-0.4, -0.2) is 16.2 Å². The van der Waals surface area contributed by atoms with Crippen LogP contribution >= 0.6 is 27.7 Å². The zero-order chi connectivity index (χ0) is 9.26. The fourth-order valence-corrected chi connectivity index (χ4v) is 1.76. The van der Waals surface area contributed by atoms with Crippen LogP contribution in [0, 0.1) is 0 Å². The third-order valence-electron chi connectivity index (χ3n) is 1.69. The number of fused-ring (bicyclic) bond motifs is 1. The van der Waals surface area contributed by atoms with Crippen molar-refractivity contribution in [2.45, 2.75) is 5.03 Å². The van der Waals surface area contributed by atoms with Crippen LogP contribution in [-0.2, 0) is 0 Å². The second-order valence-corrected chi connectivity index (χ2v) is 4.29. The summed E-state index contributed by atoms with van der Waals surface area (Å²) in [4.78, 5) is 8.71. The highest BCUT2D eigenvalue weighted by Gasteiger charge is 1.98. The smallest absolute Gasteiger partial charge is 0.115 e. The second kappa shape index (κ2) is 3.64.